The summed E-state index contributed by atoms with van der Waals surface area (Å²) in [6, 6.07) is 17.2. The van der Waals surface area contributed by atoms with Gasteiger partial charge in [0, 0.05) is 0 Å². The van der Waals surface area contributed by atoms with Gasteiger partial charge < -0.3 is 13.7 Å². The summed E-state index contributed by atoms with van der Waals surface area (Å²) < 4.78 is 102. The highest BCUT2D eigenvalue weighted by molar-refractivity contribution is 7.86. The summed E-state index contributed by atoms with van der Waals surface area (Å²) >= 11 is 0. The van der Waals surface area contributed by atoms with E-state index in [4.69, 9.17) is 0 Å². The van der Waals surface area contributed by atoms with Gasteiger partial charge in [0.15, 0.2) is 0 Å². The Bertz CT molecular complexity index is 1560. The lowest BCUT2D eigenvalue weighted by Crippen LogP contribution is -2.11. The van der Waals surface area contributed by atoms with Gasteiger partial charge in [0.2, 0.25) is 0 Å². The number of hydrogen-bond acceptors (Lipinski definition) is 9. The summed E-state index contributed by atoms with van der Waals surface area (Å²) in [6.07, 6.45) is 1.84. The molecule has 0 spiro atoms. The molecule has 9 nitrogen and oxygen atoms in total. The smallest absolute Gasteiger partial charge is 0.124 e. The minimum absolute atomic E-state index is 0.0356. The molecule has 206 valence electrons. The third-order valence-corrected chi connectivity index (χ3v) is 9.27. The van der Waals surface area contributed by atoms with E-state index in [2.05, 4.69) is 0 Å². The van der Waals surface area contributed by atoms with Crippen LogP contribution in [-0.2, 0) is 30.4 Å². The van der Waals surface area contributed by atoms with Crippen molar-refractivity contribution in [2.24, 2.45) is 0 Å². The summed E-state index contributed by atoms with van der Waals surface area (Å²) in [7, 11) is -13.8. The number of benzene rings is 3. The molecule has 0 bridgehead atoms. The second-order valence-corrected chi connectivity index (χ2v) is 13.4. The molecule has 3 aromatic carbocycles. The molecule has 3 rings (SSSR count). The molecule has 0 aliphatic carbocycles. The van der Waals surface area contributed by atoms with E-state index in [0.29, 0.717) is 19.3 Å². The molecule has 0 aromatic heterocycles. The lowest BCUT2D eigenvalue weighted by Gasteiger charge is -2.27. The van der Waals surface area contributed by atoms with Gasteiger partial charge in [0.1, 0.15) is 30.4 Å². The van der Waals surface area contributed by atoms with Crippen LogP contribution in [0.15, 0.2) is 87.5 Å². The molecule has 0 fully saturated rings. The zero-order valence-corrected chi connectivity index (χ0v) is 23.1. The Labute approximate surface area is 223 Å². The molecule has 0 N–H and O–H groups in total. The summed E-state index contributed by atoms with van der Waals surface area (Å²) in [5.74, 6) is -0.257. The SMILES string of the molecule is CCC(CC(CC(C)c1ccc(S(=O)(=O)[O-])cc1)c1ccc(S(=O)(=O)[O-])cc1)c1ccc(S(=O)(=O)[O-])cc1. The third-order valence-electron chi connectivity index (χ3n) is 6.72. The normalized spacial score (nSPS) is 15.1. The Hall–Kier alpha value is -2.61. The van der Waals surface area contributed by atoms with Gasteiger partial charge in [0.05, 0.1) is 14.7 Å². The van der Waals surface area contributed by atoms with Crippen molar-refractivity contribution in [1.82, 2.24) is 0 Å². The van der Waals surface area contributed by atoms with Crippen molar-refractivity contribution in [3.63, 3.8) is 0 Å². The van der Waals surface area contributed by atoms with Crippen molar-refractivity contribution < 1.29 is 38.9 Å². The maximum absolute atomic E-state index is 11.4. The van der Waals surface area contributed by atoms with Crippen LogP contribution in [0.4, 0.5) is 0 Å². The maximum Gasteiger partial charge on any atom is 0.124 e. The molecular weight excluding hydrogens is 552 g/mol. The first-order chi connectivity index (χ1) is 17.6. The van der Waals surface area contributed by atoms with Crippen molar-refractivity contribution in [3.8, 4) is 0 Å². The molecule has 0 saturated heterocycles. The molecule has 3 aromatic rings. The van der Waals surface area contributed by atoms with Gasteiger partial charge in [0.25, 0.3) is 0 Å². The molecule has 3 atom stereocenters. The van der Waals surface area contributed by atoms with Gasteiger partial charge in [-0.3, -0.25) is 0 Å². The van der Waals surface area contributed by atoms with Crippen LogP contribution in [0.5, 0.6) is 0 Å². The Balaban J connectivity index is 1.93. The van der Waals surface area contributed by atoms with Gasteiger partial charge in [-0.25, -0.2) is 25.3 Å². The third kappa shape index (κ3) is 7.71. The van der Waals surface area contributed by atoms with Crippen LogP contribution >= 0.6 is 0 Å². The van der Waals surface area contributed by atoms with Crippen molar-refractivity contribution >= 4 is 30.4 Å². The van der Waals surface area contributed by atoms with Crippen LogP contribution in [0.1, 0.15) is 67.6 Å². The summed E-state index contributed by atoms with van der Waals surface area (Å²) in [6.45, 7) is 3.91. The average molecular weight is 580 g/mol. The van der Waals surface area contributed by atoms with E-state index in [1.807, 2.05) is 13.8 Å². The molecule has 12 heteroatoms. The van der Waals surface area contributed by atoms with Crippen molar-refractivity contribution in [2.45, 2.75) is 65.6 Å². The highest BCUT2D eigenvalue weighted by Gasteiger charge is 2.22. The average Bonchev–Trinajstić information content (AvgIpc) is 2.85. The van der Waals surface area contributed by atoms with Crippen LogP contribution in [0.3, 0.4) is 0 Å². The Morgan fingerprint density at radius 3 is 1.16 bits per heavy atom. The number of rotatable bonds is 11. The molecule has 38 heavy (non-hydrogen) atoms. The largest absolute Gasteiger partial charge is 0.744 e. The zero-order chi connectivity index (χ0) is 28.3. The standard InChI is InChI=1S/C26H30O9S3/c1-3-19(21-6-12-25(13-7-21)37(30,31)32)17-23(22-8-14-26(15-9-22)38(33,34)35)16-18(2)20-4-10-24(11-5-20)36(27,28)29/h4-15,18-19,23H,3,16-17H2,1-2H3,(H,27,28,29)(H,30,31,32)(H,33,34,35)/p-3. The molecule has 0 aliphatic heterocycles. The zero-order valence-electron chi connectivity index (χ0n) is 20.7. The van der Waals surface area contributed by atoms with E-state index in [1.54, 1.807) is 36.4 Å². The van der Waals surface area contributed by atoms with E-state index < -0.39 is 30.4 Å². The van der Waals surface area contributed by atoms with E-state index in [0.717, 1.165) is 16.7 Å². The van der Waals surface area contributed by atoms with E-state index >= 15 is 0 Å². The molecule has 3 unspecified atom stereocenters. The molecule has 0 radical (unpaired) electrons. The first kappa shape index (κ1) is 29.9. The molecule has 0 heterocycles. The topological polar surface area (TPSA) is 172 Å². The van der Waals surface area contributed by atoms with Gasteiger partial charge in [-0.15, -0.1) is 0 Å². The first-order valence-corrected chi connectivity index (χ1v) is 16.0. The summed E-state index contributed by atoms with van der Waals surface area (Å²) in [5, 5.41) is 0. The van der Waals surface area contributed by atoms with Crippen LogP contribution in [0.2, 0.25) is 0 Å². The van der Waals surface area contributed by atoms with Gasteiger partial charge >= 0.3 is 0 Å². The fourth-order valence-corrected chi connectivity index (χ4v) is 6.00. The maximum atomic E-state index is 11.4. The van der Waals surface area contributed by atoms with Crippen LogP contribution in [0.25, 0.3) is 0 Å². The Kier molecular flexibility index (Phi) is 9.17. The van der Waals surface area contributed by atoms with E-state index in [9.17, 15) is 38.9 Å². The monoisotopic (exact) mass is 579 g/mol. The fraction of sp³-hybridized carbons (Fsp3) is 0.308. The lowest BCUT2D eigenvalue weighted by atomic mass is 9.78. The number of hydrogen-bond donors (Lipinski definition) is 0. The van der Waals surface area contributed by atoms with Crippen molar-refractivity contribution in [2.75, 3.05) is 0 Å². The molecule has 0 amide bonds. The van der Waals surface area contributed by atoms with Gasteiger partial charge in [-0.2, -0.15) is 0 Å². The Morgan fingerprint density at radius 2 is 0.842 bits per heavy atom. The second kappa shape index (κ2) is 11.6. The van der Waals surface area contributed by atoms with Crippen molar-refractivity contribution in [1.29, 1.82) is 0 Å². The van der Waals surface area contributed by atoms with E-state index in [1.165, 1.54) is 36.4 Å². The van der Waals surface area contributed by atoms with E-state index in [-0.39, 0.29) is 32.4 Å². The summed E-state index contributed by atoms with van der Waals surface area (Å²) in [4.78, 5) is -0.989. The highest BCUT2D eigenvalue weighted by atomic mass is 32.2. The highest BCUT2D eigenvalue weighted by Crippen LogP contribution is 2.39. The van der Waals surface area contributed by atoms with Crippen LogP contribution in [0, 0.1) is 0 Å². The predicted octanol–water partition coefficient (Wildman–Crippen LogP) is 4.26. The van der Waals surface area contributed by atoms with Crippen molar-refractivity contribution in [3.05, 3.63) is 89.5 Å². The quantitative estimate of drug-likeness (QED) is 0.301. The van der Waals surface area contributed by atoms with Crippen LogP contribution < -0.4 is 0 Å². The fourth-order valence-electron chi connectivity index (χ4n) is 4.59. The molecule has 0 aliphatic rings. The summed E-state index contributed by atoms with van der Waals surface area (Å²) in [5.41, 5.74) is 2.43. The van der Waals surface area contributed by atoms with Gasteiger partial charge in [-0.05, 0) is 90.1 Å². The second-order valence-electron chi connectivity index (χ2n) is 9.24. The lowest BCUT2D eigenvalue weighted by molar-refractivity contribution is 0.460. The minimum Gasteiger partial charge on any atom is -0.744 e. The predicted molar refractivity (Wildman–Crippen MR) is 137 cm³/mol. The minimum atomic E-state index is -4.61. The van der Waals surface area contributed by atoms with Gasteiger partial charge in [-0.1, -0.05) is 50.2 Å². The van der Waals surface area contributed by atoms with Crippen LogP contribution in [-0.4, -0.2) is 38.9 Å². The Morgan fingerprint density at radius 1 is 0.526 bits per heavy atom. The molecular formula is C26H27O9S3-3. The first-order valence-electron chi connectivity index (χ1n) is 11.8. The molecule has 0 saturated carbocycles.